The molecule has 1 aromatic rings. The van der Waals surface area contributed by atoms with Crippen molar-refractivity contribution in [1.29, 1.82) is 0 Å². The summed E-state index contributed by atoms with van der Waals surface area (Å²) in [5, 5.41) is 3.32. The van der Waals surface area contributed by atoms with Crippen LogP contribution in [0.5, 0.6) is 0 Å². The van der Waals surface area contributed by atoms with Crippen molar-refractivity contribution in [2.45, 2.75) is 19.4 Å². The van der Waals surface area contributed by atoms with Crippen LogP contribution in [0.3, 0.4) is 0 Å². The number of benzene rings is 1. The third-order valence-corrected chi connectivity index (χ3v) is 3.40. The second kappa shape index (κ2) is 5.83. The first-order valence-corrected chi connectivity index (χ1v) is 6.48. The third-order valence-electron chi connectivity index (χ3n) is 3.40. The second-order valence-corrected chi connectivity index (χ2v) is 4.50. The summed E-state index contributed by atoms with van der Waals surface area (Å²) >= 11 is 0. The Labute approximate surface area is 108 Å². The first kappa shape index (κ1) is 12.8. The van der Waals surface area contributed by atoms with Gasteiger partial charge in [-0.3, -0.25) is 4.79 Å². The molecule has 18 heavy (non-hydrogen) atoms. The predicted octanol–water partition coefficient (Wildman–Crippen LogP) is 1.91. The highest BCUT2D eigenvalue weighted by Gasteiger charge is 2.28. The Morgan fingerprint density at radius 1 is 1.56 bits per heavy atom. The second-order valence-electron chi connectivity index (χ2n) is 4.50. The molecule has 3 nitrogen and oxygen atoms in total. The molecule has 1 aromatic carbocycles. The lowest BCUT2D eigenvalue weighted by molar-refractivity contribution is -0.133. The number of nitrogens with zero attached hydrogens (tertiary/aromatic N) is 1. The van der Waals surface area contributed by atoms with E-state index in [1.54, 1.807) is 6.08 Å². The normalized spacial score (nSPS) is 17.9. The molecule has 0 radical (unpaired) electrons. The van der Waals surface area contributed by atoms with Crippen molar-refractivity contribution in [1.82, 2.24) is 10.2 Å². The molecule has 0 aliphatic carbocycles. The Morgan fingerprint density at radius 2 is 2.33 bits per heavy atom. The summed E-state index contributed by atoms with van der Waals surface area (Å²) < 4.78 is 0. The van der Waals surface area contributed by atoms with Gasteiger partial charge >= 0.3 is 0 Å². The van der Waals surface area contributed by atoms with Crippen molar-refractivity contribution in [3.63, 3.8) is 0 Å². The molecule has 0 saturated heterocycles. The molecule has 1 atom stereocenters. The number of likely N-dealkylation sites (N-methyl/N-ethyl adjacent to an activating group) is 1. The van der Waals surface area contributed by atoms with E-state index in [1.807, 2.05) is 30.0 Å². The molecule has 1 N–H and O–H groups in total. The van der Waals surface area contributed by atoms with Gasteiger partial charge in [-0.1, -0.05) is 30.3 Å². The van der Waals surface area contributed by atoms with E-state index in [-0.39, 0.29) is 11.9 Å². The zero-order chi connectivity index (χ0) is 13.0. The van der Waals surface area contributed by atoms with Gasteiger partial charge in [0, 0.05) is 19.6 Å². The van der Waals surface area contributed by atoms with Crippen molar-refractivity contribution in [3.8, 4) is 0 Å². The average Bonchev–Trinajstić information content (AvgIpc) is 2.43. The van der Waals surface area contributed by atoms with E-state index in [4.69, 9.17) is 0 Å². The van der Waals surface area contributed by atoms with Gasteiger partial charge in [0.25, 0.3) is 0 Å². The fraction of sp³-hybridized carbons (Fsp3) is 0.400. The van der Waals surface area contributed by atoms with Gasteiger partial charge in [0.1, 0.15) is 6.04 Å². The molecular weight excluding hydrogens is 224 g/mol. The molecule has 0 aromatic heterocycles. The van der Waals surface area contributed by atoms with E-state index in [1.165, 1.54) is 5.56 Å². The standard InChI is InChI=1S/C15H20N2O/c1-3-11-17(4-2)15(18)14-13-8-6-5-7-12(13)9-10-16-14/h3,5-8,14,16H,1,4,9-11H2,2H3. The Morgan fingerprint density at radius 3 is 3.06 bits per heavy atom. The number of carbonyl (C=O) groups excluding carboxylic acids is 1. The van der Waals surface area contributed by atoms with E-state index >= 15 is 0 Å². The van der Waals surface area contributed by atoms with Gasteiger partial charge in [-0.05, 0) is 24.5 Å². The van der Waals surface area contributed by atoms with Crippen molar-refractivity contribution >= 4 is 5.91 Å². The van der Waals surface area contributed by atoms with Crippen LogP contribution in [0.1, 0.15) is 24.1 Å². The summed E-state index contributed by atoms with van der Waals surface area (Å²) in [7, 11) is 0. The summed E-state index contributed by atoms with van der Waals surface area (Å²) in [4.78, 5) is 14.3. The minimum Gasteiger partial charge on any atom is -0.338 e. The average molecular weight is 244 g/mol. The van der Waals surface area contributed by atoms with Crippen molar-refractivity contribution in [2.75, 3.05) is 19.6 Å². The molecule has 1 heterocycles. The van der Waals surface area contributed by atoms with Gasteiger partial charge in [-0.25, -0.2) is 0 Å². The van der Waals surface area contributed by atoms with E-state index in [0.717, 1.165) is 18.5 Å². The maximum Gasteiger partial charge on any atom is 0.244 e. The molecule has 1 unspecified atom stereocenters. The van der Waals surface area contributed by atoms with Crippen molar-refractivity contribution in [3.05, 3.63) is 48.0 Å². The SMILES string of the molecule is C=CCN(CC)C(=O)C1NCCc2ccccc21. The Bertz CT molecular complexity index is 442. The fourth-order valence-corrected chi connectivity index (χ4v) is 2.44. The van der Waals surface area contributed by atoms with Crippen LogP contribution in [-0.4, -0.2) is 30.4 Å². The number of nitrogens with one attached hydrogen (secondary N) is 1. The molecule has 1 aliphatic heterocycles. The molecule has 0 fully saturated rings. The molecule has 0 saturated carbocycles. The van der Waals surface area contributed by atoms with Crippen LogP contribution in [-0.2, 0) is 11.2 Å². The van der Waals surface area contributed by atoms with Crippen LogP contribution < -0.4 is 5.32 Å². The molecule has 96 valence electrons. The first-order chi connectivity index (χ1) is 8.77. The summed E-state index contributed by atoms with van der Waals surface area (Å²) in [6, 6.07) is 7.99. The van der Waals surface area contributed by atoms with Gasteiger partial charge < -0.3 is 10.2 Å². The summed E-state index contributed by atoms with van der Waals surface area (Å²) in [5.41, 5.74) is 2.40. The highest BCUT2D eigenvalue weighted by Crippen LogP contribution is 2.24. The zero-order valence-electron chi connectivity index (χ0n) is 10.9. The lowest BCUT2D eigenvalue weighted by atomic mass is 9.93. The molecule has 1 amide bonds. The summed E-state index contributed by atoms with van der Waals surface area (Å²) in [5.74, 6) is 0.143. The summed E-state index contributed by atoms with van der Waals surface area (Å²) in [6.45, 7) is 7.88. The number of carbonyl (C=O) groups is 1. The monoisotopic (exact) mass is 244 g/mol. The van der Waals surface area contributed by atoms with Crippen LogP contribution >= 0.6 is 0 Å². The lowest BCUT2D eigenvalue weighted by Crippen LogP contribution is -2.43. The van der Waals surface area contributed by atoms with Crippen LogP contribution in [0, 0.1) is 0 Å². The predicted molar refractivity (Wildman–Crippen MR) is 73.3 cm³/mol. The Hall–Kier alpha value is -1.61. The lowest BCUT2D eigenvalue weighted by Gasteiger charge is -2.30. The van der Waals surface area contributed by atoms with Gasteiger partial charge in [-0.15, -0.1) is 6.58 Å². The van der Waals surface area contributed by atoms with Crippen LogP contribution in [0.15, 0.2) is 36.9 Å². The van der Waals surface area contributed by atoms with E-state index in [0.29, 0.717) is 13.1 Å². The minimum absolute atomic E-state index is 0.143. The molecular formula is C15H20N2O. The number of fused-ring (bicyclic) bond motifs is 1. The van der Waals surface area contributed by atoms with Crippen LogP contribution in [0.25, 0.3) is 0 Å². The van der Waals surface area contributed by atoms with Gasteiger partial charge in [0.05, 0.1) is 0 Å². The zero-order valence-corrected chi connectivity index (χ0v) is 10.9. The third kappa shape index (κ3) is 2.46. The van der Waals surface area contributed by atoms with Crippen molar-refractivity contribution in [2.24, 2.45) is 0 Å². The molecule has 3 heteroatoms. The fourth-order valence-electron chi connectivity index (χ4n) is 2.44. The number of hydrogen-bond donors (Lipinski definition) is 1. The highest BCUT2D eigenvalue weighted by molar-refractivity contribution is 5.84. The van der Waals surface area contributed by atoms with Gasteiger partial charge in [-0.2, -0.15) is 0 Å². The molecule has 0 bridgehead atoms. The Kier molecular flexibility index (Phi) is 4.15. The van der Waals surface area contributed by atoms with E-state index < -0.39 is 0 Å². The minimum atomic E-state index is -0.199. The van der Waals surface area contributed by atoms with Crippen LogP contribution in [0.4, 0.5) is 0 Å². The maximum absolute atomic E-state index is 12.5. The van der Waals surface area contributed by atoms with E-state index in [9.17, 15) is 4.79 Å². The Balaban J connectivity index is 2.24. The largest absolute Gasteiger partial charge is 0.338 e. The van der Waals surface area contributed by atoms with Crippen LogP contribution in [0.2, 0.25) is 0 Å². The number of rotatable bonds is 4. The first-order valence-electron chi connectivity index (χ1n) is 6.48. The van der Waals surface area contributed by atoms with Gasteiger partial charge in [0.2, 0.25) is 5.91 Å². The van der Waals surface area contributed by atoms with Crippen molar-refractivity contribution < 1.29 is 4.79 Å². The maximum atomic E-state index is 12.5. The summed E-state index contributed by atoms with van der Waals surface area (Å²) in [6.07, 6.45) is 2.77. The highest BCUT2D eigenvalue weighted by atomic mass is 16.2. The number of hydrogen-bond acceptors (Lipinski definition) is 2. The molecule has 0 spiro atoms. The van der Waals surface area contributed by atoms with E-state index in [2.05, 4.69) is 18.0 Å². The van der Waals surface area contributed by atoms with Gasteiger partial charge in [0.15, 0.2) is 0 Å². The quantitative estimate of drug-likeness (QED) is 0.821. The smallest absolute Gasteiger partial charge is 0.244 e. The molecule has 1 aliphatic rings. The topological polar surface area (TPSA) is 32.3 Å². The molecule has 2 rings (SSSR count). The number of amides is 1.